The standard InChI is InChI=1S/2C5H5.Os.Ru/c2*1-2-4-5-3-1;;/h2*1-5H;;. The summed E-state index contributed by atoms with van der Waals surface area (Å²) in [7, 11) is 0. The van der Waals surface area contributed by atoms with Crippen molar-refractivity contribution in [3.8, 4) is 0 Å². The molecule has 0 aromatic rings. The van der Waals surface area contributed by atoms with Gasteiger partial charge in [0.05, 0.1) is 0 Å². The predicted molar refractivity (Wildman–Crippen MR) is 44.1 cm³/mol. The fourth-order valence-electron chi connectivity index (χ4n) is 1.11. The van der Waals surface area contributed by atoms with Gasteiger partial charge in [-0.3, -0.25) is 0 Å². The van der Waals surface area contributed by atoms with E-state index in [1.54, 1.807) is 0 Å². The summed E-state index contributed by atoms with van der Waals surface area (Å²) < 4.78 is 1.62. The molecule has 0 heterocycles. The molecule has 66 valence electrons. The van der Waals surface area contributed by atoms with Gasteiger partial charge >= 0.3 is 75.0 Å². The van der Waals surface area contributed by atoms with Crippen molar-refractivity contribution >= 4 is 0 Å². The fraction of sp³-hybridized carbons (Fsp3) is 0.200. The molecule has 0 fully saturated rings. The molecule has 0 radical (unpaired) electrons. The maximum atomic E-state index is 2.33. The first-order chi connectivity index (χ1) is 5.45. The van der Waals surface area contributed by atoms with Gasteiger partial charge in [0.25, 0.3) is 0 Å². The summed E-state index contributed by atoms with van der Waals surface area (Å²) in [4.78, 5) is 0. The molecular formula is C10H10OsRu. The molecule has 0 aromatic heterocycles. The van der Waals surface area contributed by atoms with E-state index in [4.69, 9.17) is 0 Å². The summed E-state index contributed by atoms with van der Waals surface area (Å²) in [5.41, 5.74) is 0. The third kappa shape index (κ3) is 2.62. The average Bonchev–Trinajstić information content (AvgIpc) is 2.60. The minimum atomic E-state index is 0. The number of rotatable bonds is 2. The van der Waals surface area contributed by atoms with Crippen LogP contribution in [0, 0.1) is 0 Å². The van der Waals surface area contributed by atoms with Crippen LogP contribution in [-0.2, 0) is 36.9 Å². The topological polar surface area (TPSA) is 0 Å². The molecule has 0 spiro atoms. The van der Waals surface area contributed by atoms with Crippen LogP contribution in [0.2, 0.25) is 8.94 Å². The van der Waals surface area contributed by atoms with Crippen LogP contribution in [0.5, 0.6) is 0 Å². The van der Waals surface area contributed by atoms with Crippen molar-refractivity contribution in [2.75, 3.05) is 0 Å². The van der Waals surface area contributed by atoms with Crippen molar-refractivity contribution in [1.82, 2.24) is 0 Å². The Labute approximate surface area is 94.0 Å². The molecule has 0 atom stereocenters. The molecule has 0 nitrogen and oxygen atoms in total. The first kappa shape index (κ1) is 10.3. The van der Waals surface area contributed by atoms with Gasteiger partial charge in [-0.2, -0.15) is 0 Å². The van der Waals surface area contributed by atoms with Crippen LogP contribution >= 0.6 is 0 Å². The summed E-state index contributed by atoms with van der Waals surface area (Å²) in [6, 6.07) is 0. The summed E-state index contributed by atoms with van der Waals surface area (Å²) in [5, 5.41) is 0. The second kappa shape index (κ2) is 5.06. The molecule has 2 rings (SSSR count). The molecule has 2 aliphatic carbocycles. The Morgan fingerprint density at radius 3 is 1.33 bits per heavy atom. The summed E-state index contributed by atoms with van der Waals surface area (Å²) in [6.45, 7) is 0. The van der Waals surface area contributed by atoms with E-state index >= 15 is 0 Å². The van der Waals surface area contributed by atoms with Crippen LogP contribution in [0.1, 0.15) is 0 Å². The Balaban J connectivity index is 0.000000720. The number of hydrogen-bond donors (Lipinski definition) is 0. The van der Waals surface area contributed by atoms with Gasteiger partial charge in [-0.1, -0.05) is 0 Å². The third-order valence-electron chi connectivity index (χ3n) is 1.66. The molecule has 2 aliphatic rings. The molecule has 0 aromatic carbocycles. The van der Waals surface area contributed by atoms with E-state index in [2.05, 4.69) is 48.6 Å². The first-order valence-electron chi connectivity index (χ1n) is 3.74. The molecule has 0 N–H and O–H groups in total. The average molecular weight is 421 g/mol. The Morgan fingerprint density at radius 1 is 0.667 bits per heavy atom. The zero-order valence-electron chi connectivity index (χ0n) is 6.48. The van der Waals surface area contributed by atoms with Crippen molar-refractivity contribution < 1.29 is 36.9 Å². The Bertz CT molecular complexity index is 201. The molecule has 0 saturated carbocycles. The summed E-state index contributed by atoms with van der Waals surface area (Å²) in [6.07, 6.45) is 18.0. The van der Waals surface area contributed by atoms with Gasteiger partial charge in [-0.25, -0.2) is 0 Å². The van der Waals surface area contributed by atoms with Gasteiger partial charge in [0.15, 0.2) is 0 Å². The molecule has 0 bridgehead atoms. The smallest absolute Gasteiger partial charge is 0 e. The summed E-state index contributed by atoms with van der Waals surface area (Å²) in [5.74, 6) is 0. The van der Waals surface area contributed by atoms with E-state index in [0.29, 0.717) is 0 Å². The predicted octanol–water partition coefficient (Wildman–Crippen LogP) is 2.90. The largest absolute Gasteiger partial charge is 0 e. The van der Waals surface area contributed by atoms with Crippen molar-refractivity contribution in [3.05, 3.63) is 48.6 Å². The molecule has 12 heavy (non-hydrogen) atoms. The van der Waals surface area contributed by atoms with Crippen LogP contribution < -0.4 is 0 Å². The Kier molecular flexibility index (Phi) is 4.34. The second-order valence-corrected chi connectivity index (χ2v) is 6.75. The van der Waals surface area contributed by atoms with Gasteiger partial charge in [0.2, 0.25) is 0 Å². The maximum Gasteiger partial charge on any atom is 0 e. The van der Waals surface area contributed by atoms with Crippen LogP contribution in [0.4, 0.5) is 0 Å². The monoisotopic (exact) mass is 424 g/mol. The van der Waals surface area contributed by atoms with E-state index in [1.807, 2.05) is 0 Å². The maximum absolute atomic E-state index is 2.33. The minimum absolute atomic E-state index is 0. The van der Waals surface area contributed by atoms with E-state index in [9.17, 15) is 0 Å². The molecular weight excluding hydrogens is 411 g/mol. The first-order valence-corrected chi connectivity index (χ1v) is 6.67. The van der Waals surface area contributed by atoms with Crippen molar-refractivity contribution in [2.24, 2.45) is 0 Å². The van der Waals surface area contributed by atoms with Crippen LogP contribution in [0.15, 0.2) is 48.6 Å². The van der Waals surface area contributed by atoms with Gasteiger partial charge in [-0.05, 0) is 0 Å². The summed E-state index contributed by atoms with van der Waals surface area (Å²) >= 11 is 0.0170. The Hall–Kier alpha value is 0.220. The van der Waals surface area contributed by atoms with Crippen LogP contribution in [0.3, 0.4) is 0 Å². The minimum Gasteiger partial charge on any atom is 0 e. The zero-order valence-corrected chi connectivity index (χ0v) is 10.8. The van der Waals surface area contributed by atoms with E-state index < -0.39 is 0 Å². The second-order valence-electron chi connectivity index (χ2n) is 2.51. The van der Waals surface area contributed by atoms with Gasteiger partial charge in [0.1, 0.15) is 0 Å². The SMILES string of the molecule is C1=C[CH]([Os][CH]2C=CC=C2)C=C1.[Ru]. The third-order valence-corrected chi connectivity index (χ3v) is 5.57. The quantitative estimate of drug-likeness (QED) is 0.602. The zero-order chi connectivity index (χ0) is 7.52. The molecule has 0 aliphatic heterocycles. The van der Waals surface area contributed by atoms with Crippen molar-refractivity contribution in [1.29, 1.82) is 0 Å². The normalized spacial score (nSPS) is 21.0. The van der Waals surface area contributed by atoms with Crippen LogP contribution in [-0.4, -0.2) is 0 Å². The van der Waals surface area contributed by atoms with Crippen LogP contribution in [0.25, 0.3) is 0 Å². The molecule has 0 amide bonds. The van der Waals surface area contributed by atoms with Gasteiger partial charge in [-0.15, -0.1) is 0 Å². The molecule has 0 saturated heterocycles. The molecule has 0 unspecified atom stereocenters. The van der Waals surface area contributed by atoms with E-state index in [1.165, 1.54) is 0 Å². The van der Waals surface area contributed by atoms with E-state index in [0.717, 1.165) is 8.94 Å². The van der Waals surface area contributed by atoms with Crippen molar-refractivity contribution in [3.63, 3.8) is 0 Å². The fourth-order valence-corrected chi connectivity index (χ4v) is 4.50. The number of hydrogen-bond acceptors (Lipinski definition) is 0. The van der Waals surface area contributed by atoms with Gasteiger partial charge < -0.3 is 0 Å². The van der Waals surface area contributed by atoms with E-state index in [-0.39, 0.29) is 36.9 Å². The Morgan fingerprint density at radius 2 is 1.00 bits per heavy atom. The number of allylic oxidation sites excluding steroid dienone is 8. The van der Waals surface area contributed by atoms with Crippen molar-refractivity contribution in [2.45, 2.75) is 8.94 Å². The molecule has 2 heteroatoms. The van der Waals surface area contributed by atoms with Gasteiger partial charge in [0, 0.05) is 19.5 Å².